The number of nitro benzene ring substituents is 1. The molecule has 0 unspecified atom stereocenters. The van der Waals surface area contributed by atoms with Gasteiger partial charge in [0, 0.05) is 18.7 Å². The predicted octanol–water partition coefficient (Wildman–Crippen LogP) is 3.23. The van der Waals surface area contributed by atoms with Gasteiger partial charge in [-0.15, -0.1) is 0 Å². The lowest BCUT2D eigenvalue weighted by Gasteiger charge is -2.13. The van der Waals surface area contributed by atoms with Crippen molar-refractivity contribution in [1.82, 2.24) is 0 Å². The van der Waals surface area contributed by atoms with Crippen molar-refractivity contribution in [2.24, 2.45) is 0 Å². The number of nitrogens with zero attached hydrogens (tertiary/aromatic N) is 1. The molecular formula is C14H14ClN3O4S. The number of nitro groups is 1. The second kappa shape index (κ2) is 6.84. The molecule has 0 fully saturated rings. The Labute approximate surface area is 138 Å². The Morgan fingerprint density at radius 3 is 2.48 bits per heavy atom. The topological polar surface area (TPSA) is 101 Å². The molecule has 2 aromatic carbocycles. The van der Waals surface area contributed by atoms with Crippen molar-refractivity contribution < 1.29 is 13.3 Å². The van der Waals surface area contributed by atoms with E-state index in [1.807, 2.05) is 0 Å². The van der Waals surface area contributed by atoms with Crippen LogP contribution in [0.5, 0.6) is 0 Å². The Hall–Kier alpha value is -2.32. The average Bonchev–Trinajstić information content (AvgIpc) is 2.45. The van der Waals surface area contributed by atoms with Gasteiger partial charge < -0.3 is 5.32 Å². The molecule has 0 saturated carbocycles. The SMILES string of the molecule is CS(=O)(=O)Nc1ccccc1CNc1ccc([N+](=O)[O-])cc1Cl. The highest BCUT2D eigenvalue weighted by Gasteiger charge is 2.11. The molecule has 0 aliphatic carbocycles. The molecular weight excluding hydrogens is 342 g/mol. The van der Waals surface area contributed by atoms with E-state index in [0.717, 1.165) is 6.26 Å². The first-order valence-electron chi connectivity index (χ1n) is 6.50. The Morgan fingerprint density at radius 1 is 1.17 bits per heavy atom. The molecule has 122 valence electrons. The van der Waals surface area contributed by atoms with Crippen molar-refractivity contribution >= 4 is 38.7 Å². The number of non-ortho nitro benzene ring substituents is 1. The minimum Gasteiger partial charge on any atom is -0.380 e. The highest BCUT2D eigenvalue weighted by atomic mass is 35.5. The fraction of sp³-hybridized carbons (Fsp3) is 0.143. The molecule has 2 aromatic rings. The maximum Gasteiger partial charge on any atom is 0.271 e. The van der Waals surface area contributed by atoms with Gasteiger partial charge in [-0.2, -0.15) is 0 Å². The third-order valence-electron chi connectivity index (χ3n) is 2.95. The number of anilines is 2. The molecule has 0 aliphatic rings. The maximum absolute atomic E-state index is 11.4. The van der Waals surface area contributed by atoms with Gasteiger partial charge in [-0.25, -0.2) is 8.42 Å². The van der Waals surface area contributed by atoms with Crippen LogP contribution in [-0.2, 0) is 16.6 Å². The first-order valence-corrected chi connectivity index (χ1v) is 8.77. The van der Waals surface area contributed by atoms with Crippen molar-refractivity contribution in [3.63, 3.8) is 0 Å². The quantitative estimate of drug-likeness (QED) is 0.611. The summed E-state index contributed by atoms with van der Waals surface area (Å²) < 4.78 is 25.2. The molecule has 0 spiro atoms. The number of benzene rings is 2. The van der Waals surface area contributed by atoms with Gasteiger partial charge in [-0.3, -0.25) is 14.8 Å². The van der Waals surface area contributed by atoms with Gasteiger partial charge >= 0.3 is 0 Å². The number of hydrogen-bond acceptors (Lipinski definition) is 5. The molecule has 7 nitrogen and oxygen atoms in total. The van der Waals surface area contributed by atoms with E-state index in [1.165, 1.54) is 18.2 Å². The summed E-state index contributed by atoms with van der Waals surface area (Å²) in [7, 11) is -3.38. The standard InChI is InChI=1S/C14H14ClN3O4S/c1-23(21,22)17-13-5-3-2-4-10(13)9-16-14-7-6-11(18(19)20)8-12(14)15/h2-8,16-17H,9H2,1H3. The van der Waals surface area contributed by atoms with Gasteiger partial charge in [0.05, 0.1) is 27.6 Å². The number of rotatable bonds is 6. The Kier molecular flexibility index (Phi) is 5.07. The van der Waals surface area contributed by atoms with Crippen molar-refractivity contribution in [2.75, 3.05) is 16.3 Å². The van der Waals surface area contributed by atoms with Crippen LogP contribution >= 0.6 is 11.6 Å². The van der Waals surface area contributed by atoms with Gasteiger partial charge in [-0.1, -0.05) is 29.8 Å². The van der Waals surface area contributed by atoms with E-state index >= 15 is 0 Å². The van der Waals surface area contributed by atoms with Crippen LogP contribution in [0.3, 0.4) is 0 Å². The smallest absolute Gasteiger partial charge is 0.271 e. The lowest BCUT2D eigenvalue weighted by atomic mass is 10.2. The summed E-state index contributed by atoms with van der Waals surface area (Å²) in [4.78, 5) is 10.2. The average molecular weight is 356 g/mol. The third-order valence-corrected chi connectivity index (χ3v) is 3.85. The van der Waals surface area contributed by atoms with Crippen LogP contribution in [0.25, 0.3) is 0 Å². The Morgan fingerprint density at radius 2 is 1.87 bits per heavy atom. The largest absolute Gasteiger partial charge is 0.380 e. The van der Waals surface area contributed by atoms with Gasteiger partial charge in [0.15, 0.2) is 0 Å². The van der Waals surface area contributed by atoms with Gasteiger partial charge in [-0.05, 0) is 17.7 Å². The van der Waals surface area contributed by atoms with Crippen LogP contribution in [0, 0.1) is 10.1 Å². The molecule has 0 atom stereocenters. The summed E-state index contributed by atoms with van der Waals surface area (Å²) in [6.45, 7) is 0.302. The number of para-hydroxylation sites is 1. The Balaban J connectivity index is 2.17. The van der Waals surface area contributed by atoms with Crippen LogP contribution in [0.15, 0.2) is 42.5 Å². The van der Waals surface area contributed by atoms with E-state index in [0.29, 0.717) is 23.5 Å². The van der Waals surface area contributed by atoms with Gasteiger partial charge in [0.2, 0.25) is 10.0 Å². The van der Waals surface area contributed by atoms with Crippen LogP contribution in [0.2, 0.25) is 5.02 Å². The molecule has 9 heteroatoms. The monoisotopic (exact) mass is 355 g/mol. The normalized spacial score (nSPS) is 11.0. The first-order chi connectivity index (χ1) is 10.8. The summed E-state index contributed by atoms with van der Waals surface area (Å²) in [6.07, 6.45) is 1.07. The number of nitrogens with one attached hydrogen (secondary N) is 2. The van der Waals surface area contributed by atoms with E-state index in [2.05, 4.69) is 10.0 Å². The van der Waals surface area contributed by atoms with Crippen molar-refractivity contribution in [3.8, 4) is 0 Å². The molecule has 0 amide bonds. The molecule has 2 rings (SSSR count). The summed E-state index contributed by atoms with van der Waals surface area (Å²) in [5.41, 5.74) is 1.60. The van der Waals surface area contributed by atoms with E-state index in [1.54, 1.807) is 24.3 Å². The predicted molar refractivity (Wildman–Crippen MR) is 90.3 cm³/mol. The molecule has 0 bridgehead atoms. The number of hydrogen-bond donors (Lipinski definition) is 2. The number of halogens is 1. The molecule has 0 heterocycles. The van der Waals surface area contributed by atoms with Crippen LogP contribution < -0.4 is 10.0 Å². The van der Waals surface area contributed by atoms with Crippen LogP contribution in [0.1, 0.15) is 5.56 Å². The fourth-order valence-electron chi connectivity index (χ4n) is 1.93. The minimum absolute atomic E-state index is 0.0975. The highest BCUT2D eigenvalue weighted by molar-refractivity contribution is 7.92. The van der Waals surface area contributed by atoms with E-state index < -0.39 is 14.9 Å². The van der Waals surface area contributed by atoms with Gasteiger partial charge in [0.1, 0.15) is 0 Å². The zero-order chi connectivity index (χ0) is 17.0. The van der Waals surface area contributed by atoms with Crippen LogP contribution in [-0.4, -0.2) is 19.6 Å². The minimum atomic E-state index is -3.38. The Bertz CT molecular complexity index is 840. The van der Waals surface area contributed by atoms with Crippen LogP contribution in [0.4, 0.5) is 17.1 Å². The van der Waals surface area contributed by atoms with E-state index in [4.69, 9.17) is 11.6 Å². The zero-order valence-electron chi connectivity index (χ0n) is 12.1. The second-order valence-corrected chi connectivity index (χ2v) is 6.96. The van der Waals surface area contributed by atoms with Gasteiger partial charge in [0.25, 0.3) is 5.69 Å². The first kappa shape index (κ1) is 17.0. The lowest BCUT2D eigenvalue weighted by molar-refractivity contribution is -0.384. The molecule has 23 heavy (non-hydrogen) atoms. The van der Waals surface area contributed by atoms with Crippen molar-refractivity contribution in [3.05, 3.63) is 63.2 Å². The third kappa shape index (κ3) is 4.83. The number of sulfonamides is 1. The fourth-order valence-corrected chi connectivity index (χ4v) is 2.77. The maximum atomic E-state index is 11.4. The zero-order valence-corrected chi connectivity index (χ0v) is 13.7. The lowest BCUT2D eigenvalue weighted by Crippen LogP contribution is -2.12. The summed E-state index contributed by atoms with van der Waals surface area (Å²) in [5.74, 6) is 0. The molecule has 0 aromatic heterocycles. The van der Waals surface area contributed by atoms with Crippen molar-refractivity contribution in [1.29, 1.82) is 0 Å². The summed E-state index contributed by atoms with van der Waals surface area (Å²) in [5, 5.41) is 13.9. The highest BCUT2D eigenvalue weighted by Crippen LogP contribution is 2.27. The molecule has 0 radical (unpaired) electrons. The summed E-state index contributed by atoms with van der Waals surface area (Å²) in [6, 6.07) is 11.0. The van der Waals surface area contributed by atoms with E-state index in [9.17, 15) is 18.5 Å². The van der Waals surface area contributed by atoms with Crippen molar-refractivity contribution in [2.45, 2.75) is 6.54 Å². The molecule has 0 saturated heterocycles. The summed E-state index contributed by atoms with van der Waals surface area (Å²) >= 11 is 6.01. The van der Waals surface area contributed by atoms with E-state index in [-0.39, 0.29) is 10.7 Å². The molecule has 2 N–H and O–H groups in total. The second-order valence-electron chi connectivity index (χ2n) is 4.81. The molecule has 0 aliphatic heterocycles.